The zero-order valence-corrected chi connectivity index (χ0v) is 24.8. The van der Waals surface area contributed by atoms with Gasteiger partial charge in [0.05, 0.1) is 10.0 Å². The van der Waals surface area contributed by atoms with Crippen LogP contribution in [-0.4, -0.2) is 28.9 Å². The number of sulfonamides is 2. The van der Waals surface area contributed by atoms with Crippen LogP contribution in [0, 0.1) is 11.8 Å². The summed E-state index contributed by atoms with van der Waals surface area (Å²) in [5.74, 6) is 1.08. The van der Waals surface area contributed by atoms with Crippen LogP contribution in [0.1, 0.15) is 57.8 Å². The fourth-order valence-corrected chi connectivity index (χ4v) is 9.57. The highest BCUT2D eigenvalue weighted by Gasteiger charge is 2.31. The van der Waals surface area contributed by atoms with Crippen LogP contribution in [0.15, 0.2) is 46.2 Å². The molecular weight excluding hydrogens is 598 g/mol. The molecule has 4 rings (SSSR count). The fourth-order valence-electron chi connectivity index (χ4n) is 5.44. The predicted octanol–water partition coefficient (Wildman–Crippen LogP) is 7.06. The topological polar surface area (TPSA) is 92.3 Å². The van der Waals surface area contributed by atoms with E-state index in [0.717, 1.165) is 57.8 Å². The molecule has 0 bridgehead atoms. The van der Waals surface area contributed by atoms with Crippen molar-refractivity contribution >= 4 is 66.5 Å². The lowest BCUT2D eigenvalue weighted by atomic mass is 9.76. The molecule has 204 valence electrons. The second kappa shape index (κ2) is 12.3. The molecular formula is C25H30Cl4N2O4S2. The Labute approximate surface area is 239 Å². The van der Waals surface area contributed by atoms with Crippen LogP contribution in [-0.2, 0) is 20.0 Å². The molecule has 0 aliphatic heterocycles. The summed E-state index contributed by atoms with van der Waals surface area (Å²) >= 11 is 24.1. The summed E-state index contributed by atoms with van der Waals surface area (Å²) in [6, 6.07) is 8.59. The zero-order valence-electron chi connectivity index (χ0n) is 20.1. The molecule has 0 radical (unpaired) electrons. The van der Waals surface area contributed by atoms with Gasteiger partial charge in [-0.3, -0.25) is 0 Å². The molecule has 2 aliphatic carbocycles. The summed E-state index contributed by atoms with van der Waals surface area (Å²) in [6.07, 6.45) is 8.00. The molecule has 2 aliphatic rings. The molecule has 2 saturated carbocycles. The molecule has 0 atom stereocenters. The van der Waals surface area contributed by atoms with Crippen LogP contribution >= 0.6 is 46.4 Å². The van der Waals surface area contributed by atoms with Gasteiger partial charge in [0.2, 0.25) is 20.0 Å². The Balaban J connectivity index is 1.23. The normalized spacial score (nSPS) is 25.2. The van der Waals surface area contributed by atoms with Crippen molar-refractivity contribution < 1.29 is 16.8 Å². The van der Waals surface area contributed by atoms with E-state index in [4.69, 9.17) is 46.4 Å². The Kier molecular flexibility index (Phi) is 9.77. The van der Waals surface area contributed by atoms with E-state index >= 15 is 0 Å². The third-order valence-corrected chi connectivity index (χ3v) is 11.8. The zero-order chi connectivity index (χ0) is 26.8. The first-order chi connectivity index (χ1) is 17.4. The van der Waals surface area contributed by atoms with Gasteiger partial charge in [-0.05, 0) is 106 Å². The van der Waals surface area contributed by atoms with Gasteiger partial charge >= 0.3 is 0 Å². The average Bonchev–Trinajstić information content (AvgIpc) is 2.84. The molecule has 2 aromatic carbocycles. The molecule has 0 amide bonds. The van der Waals surface area contributed by atoms with Crippen LogP contribution in [0.3, 0.4) is 0 Å². The molecule has 2 N–H and O–H groups in total. The fraction of sp³-hybridized carbons (Fsp3) is 0.520. The smallest absolute Gasteiger partial charge is 0.208 e. The first kappa shape index (κ1) is 29.4. The van der Waals surface area contributed by atoms with Gasteiger partial charge < -0.3 is 0 Å². The predicted molar refractivity (Wildman–Crippen MR) is 150 cm³/mol. The van der Waals surface area contributed by atoms with Crippen LogP contribution in [0.25, 0.3) is 0 Å². The molecule has 0 aromatic heterocycles. The Bertz CT molecular complexity index is 1220. The van der Waals surface area contributed by atoms with Crippen molar-refractivity contribution in [3.05, 3.63) is 56.5 Å². The van der Waals surface area contributed by atoms with E-state index in [1.54, 1.807) is 12.1 Å². The Hall–Kier alpha value is -0.580. The lowest BCUT2D eigenvalue weighted by Crippen LogP contribution is -2.39. The van der Waals surface area contributed by atoms with Crippen molar-refractivity contribution in [3.63, 3.8) is 0 Å². The number of benzene rings is 2. The maximum absolute atomic E-state index is 12.8. The molecule has 0 heterocycles. The number of rotatable bonds is 8. The Morgan fingerprint density at radius 1 is 0.595 bits per heavy atom. The minimum atomic E-state index is -3.74. The van der Waals surface area contributed by atoms with E-state index < -0.39 is 20.0 Å². The van der Waals surface area contributed by atoms with Crippen LogP contribution in [0.4, 0.5) is 0 Å². The van der Waals surface area contributed by atoms with Gasteiger partial charge in [-0.25, -0.2) is 26.3 Å². The highest BCUT2D eigenvalue weighted by Crippen LogP contribution is 2.37. The maximum atomic E-state index is 12.8. The lowest BCUT2D eigenvalue weighted by Gasteiger charge is -2.34. The van der Waals surface area contributed by atoms with Gasteiger partial charge in [-0.15, -0.1) is 0 Å². The van der Waals surface area contributed by atoms with Crippen LogP contribution in [0.2, 0.25) is 20.1 Å². The van der Waals surface area contributed by atoms with E-state index in [0.29, 0.717) is 21.9 Å². The van der Waals surface area contributed by atoms with Crippen molar-refractivity contribution in [1.82, 2.24) is 9.44 Å². The average molecular weight is 628 g/mol. The summed E-state index contributed by atoms with van der Waals surface area (Å²) in [4.78, 5) is 0.0163. The van der Waals surface area contributed by atoms with Crippen LogP contribution in [0.5, 0.6) is 0 Å². The summed E-state index contributed by atoms with van der Waals surface area (Å²) < 4.78 is 56.8. The molecule has 12 heteroatoms. The minimum absolute atomic E-state index is 0.00815. The summed E-state index contributed by atoms with van der Waals surface area (Å²) in [5, 5.41) is 0.951. The Morgan fingerprint density at radius 2 is 0.946 bits per heavy atom. The second-order valence-corrected chi connectivity index (χ2v) is 15.1. The van der Waals surface area contributed by atoms with Crippen molar-refractivity contribution in [2.24, 2.45) is 11.8 Å². The second-order valence-electron chi connectivity index (χ2n) is 10.1. The number of hydrogen-bond donors (Lipinski definition) is 2. The van der Waals surface area contributed by atoms with E-state index in [9.17, 15) is 16.8 Å². The number of halogens is 4. The lowest BCUT2D eigenvalue weighted by molar-refractivity contribution is 0.218. The monoisotopic (exact) mass is 626 g/mol. The van der Waals surface area contributed by atoms with Gasteiger partial charge in [0, 0.05) is 22.1 Å². The quantitative estimate of drug-likeness (QED) is 0.328. The van der Waals surface area contributed by atoms with Crippen LogP contribution < -0.4 is 9.44 Å². The highest BCUT2D eigenvalue weighted by molar-refractivity contribution is 7.90. The first-order valence-corrected chi connectivity index (χ1v) is 16.9. The maximum Gasteiger partial charge on any atom is 0.242 e. The van der Waals surface area contributed by atoms with Crippen molar-refractivity contribution in [3.8, 4) is 0 Å². The number of nitrogens with one attached hydrogen (secondary N) is 2. The summed E-state index contributed by atoms with van der Waals surface area (Å²) in [7, 11) is -7.48. The van der Waals surface area contributed by atoms with Gasteiger partial charge in [0.1, 0.15) is 9.79 Å². The molecule has 0 spiro atoms. The van der Waals surface area contributed by atoms with E-state index in [-0.39, 0.29) is 31.9 Å². The molecule has 2 fully saturated rings. The van der Waals surface area contributed by atoms with Crippen molar-refractivity contribution in [1.29, 1.82) is 0 Å². The third kappa shape index (κ3) is 7.76. The van der Waals surface area contributed by atoms with Crippen molar-refractivity contribution in [2.75, 3.05) is 0 Å². The molecule has 6 nitrogen and oxygen atoms in total. The van der Waals surface area contributed by atoms with E-state index in [2.05, 4.69) is 9.44 Å². The molecule has 2 aromatic rings. The Morgan fingerprint density at radius 3 is 1.30 bits per heavy atom. The SMILES string of the molecule is O=S(=O)(NC1CCC(CC2CCC(NS(=O)(=O)c3cc(Cl)ccc3Cl)CC2)CC1)c1cc(Cl)ccc1Cl. The van der Waals surface area contributed by atoms with Gasteiger partial charge in [-0.1, -0.05) is 46.4 Å². The first-order valence-electron chi connectivity index (χ1n) is 12.4. The summed E-state index contributed by atoms with van der Waals surface area (Å²) in [6.45, 7) is 0. The largest absolute Gasteiger partial charge is 0.242 e. The van der Waals surface area contributed by atoms with E-state index in [1.165, 1.54) is 24.3 Å². The molecule has 0 unspecified atom stereocenters. The molecule has 0 saturated heterocycles. The van der Waals surface area contributed by atoms with Gasteiger partial charge in [0.15, 0.2) is 0 Å². The molecule has 37 heavy (non-hydrogen) atoms. The van der Waals surface area contributed by atoms with E-state index in [1.807, 2.05) is 0 Å². The minimum Gasteiger partial charge on any atom is -0.208 e. The summed E-state index contributed by atoms with van der Waals surface area (Å²) in [5.41, 5.74) is 0. The third-order valence-electron chi connectivity index (χ3n) is 7.37. The van der Waals surface area contributed by atoms with Crippen molar-refractivity contribution in [2.45, 2.75) is 79.7 Å². The van der Waals surface area contributed by atoms with Gasteiger partial charge in [-0.2, -0.15) is 0 Å². The number of hydrogen-bond acceptors (Lipinski definition) is 4. The standard InChI is InChI=1S/C25H30Cl4N2O4S2/c26-18-5-11-22(28)24(14-18)36(32,33)30-20-7-1-16(2-8-20)13-17-3-9-21(10-4-17)31-37(34,35)25-15-19(27)6-12-23(25)29/h5-6,11-12,14-17,20-21,30-31H,1-4,7-10,13H2. The highest BCUT2D eigenvalue weighted by atomic mass is 35.5. The van der Waals surface area contributed by atoms with Gasteiger partial charge in [0.25, 0.3) is 0 Å².